The van der Waals surface area contributed by atoms with Crippen molar-refractivity contribution >= 4 is 31.2 Å². The van der Waals surface area contributed by atoms with E-state index in [1.54, 1.807) is 13.8 Å². The number of hydrogen-bond acceptors (Lipinski definition) is 6. The summed E-state index contributed by atoms with van der Waals surface area (Å²) in [6.45, 7) is 3.18. The van der Waals surface area contributed by atoms with Gasteiger partial charge in [-0.25, -0.2) is 16.8 Å². The van der Waals surface area contributed by atoms with Crippen molar-refractivity contribution in [3.8, 4) is 0 Å². The molecule has 2 aromatic carbocycles. The molecular formula is C16H18N2O6S2. The standard InChI is InChI=1S/C16H18N2O6S2/c1-11-9-14(18(19)20)10-16(12(11)2)26(23,24)17(3)13-5-7-15(8-6-13)25(4,21)22/h5-10H,1-4H3. The molecule has 0 aliphatic carbocycles. The number of hydrogen-bond donors (Lipinski definition) is 0. The SMILES string of the molecule is Cc1cc([N+](=O)[O-])cc(S(=O)(=O)N(C)c2ccc(S(C)(=O)=O)cc2)c1C. The smallest absolute Gasteiger partial charge is 0.269 e. The number of aryl methyl sites for hydroxylation is 1. The minimum absolute atomic E-state index is 0.0643. The summed E-state index contributed by atoms with van der Waals surface area (Å²) >= 11 is 0. The van der Waals surface area contributed by atoms with E-state index in [9.17, 15) is 26.9 Å². The fraction of sp³-hybridized carbons (Fsp3) is 0.250. The van der Waals surface area contributed by atoms with Crippen LogP contribution in [-0.4, -0.2) is 35.1 Å². The summed E-state index contributed by atoms with van der Waals surface area (Å²) in [4.78, 5) is 10.3. The first-order chi connectivity index (χ1) is 11.9. The van der Waals surface area contributed by atoms with Crippen molar-refractivity contribution in [1.29, 1.82) is 0 Å². The van der Waals surface area contributed by atoms with Gasteiger partial charge in [0.1, 0.15) is 0 Å². The summed E-state index contributed by atoms with van der Waals surface area (Å²) in [5.41, 5.74) is 0.822. The second kappa shape index (κ2) is 6.69. The van der Waals surface area contributed by atoms with Crippen LogP contribution < -0.4 is 4.31 Å². The van der Waals surface area contributed by atoms with E-state index in [4.69, 9.17) is 0 Å². The summed E-state index contributed by atoms with van der Waals surface area (Å²) < 4.78 is 49.9. The van der Waals surface area contributed by atoms with Crippen molar-refractivity contribution < 1.29 is 21.8 Å². The van der Waals surface area contributed by atoms with Crippen LogP contribution in [0.5, 0.6) is 0 Å². The van der Waals surface area contributed by atoms with Crippen molar-refractivity contribution in [3.63, 3.8) is 0 Å². The maximum absolute atomic E-state index is 12.9. The average Bonchev–Trinajstić information content (AvgIpc) is 2.55. The van der Waals surface area contributed by atoms with Crippen LogP contribution in [0.15, 0.2) is 46.2 Å². The van der Waals surface area contributed by atoms with Crippen LogP contribution in [0.4, 0.5) is 11.4 Å². The number of nitro groups is 1. The molecule has 8 nitrogen and oxygen atoms in total. The summed E-state index contributed by atoms with van der Waals surface area (Å²) in [5, 5.41) is 11.1. The molecule has 0 fully saturated rings. The van der Waals surface area contributed by atoms with Gasteiger partial charge in [-0.3, -0.25) is 14.4 Å². The Morgan fingerprint density at radius 1 is 1.00 bits per heavy atom. The molecule has 26 heavy (non-hydrogen) atoms. The van der Waals surface area contributed by atoms with Crippen molar-refractivity contribution in [1.82, 2.24) is 0 Å². The Morgan fingerprint density at radius 2 is 1.54 bits per heavy atom. The number of rotatable bonds is 5. The van der Waals surface area contributed by atoms with Crippen molar-refractivity contribution in [2.45, 2.75) is 23.6 Å². The quantitative estimate of drug-likeness (QED) is 0.564. The van der Waals surface area contributed by atoms with Crippen molar-refractivity contribution in [2.24, 2.45) is 0 Å². The third kappa shape index (κ3) is 3.70. The monoisotopic (exact) mass is 398 g/mol. The van der Waals surface area contributed by atoms with Crippen LogP contribution in [0.1, 0.15) is 11.1 Å². The average molecular weight is 398 g/mol. The highest BCUT2D eigenvalue weighted by molar-refractivity contribution is 7.93. The first-order valence-electron chi connectivity index (χ1n) is 7.40. The van der Waals surface area contributed by atoms with Gasteiger partial charge in [-0.15, -0.1) is 0 Å². The highest BCUT2D eigenvalue weighted by Gasteiger charge is 2.27. The Balaban J connectivity index is 2.55. The molecule has 2 rings (SSSR count). The normalized spacial score (nSPS) is 12.0. The van der Waals surface area contributed by atoms with Crippen LogP contribution in [-0.2, 0) is 19.9 Å². The summed E-state index contributed by atoms with van der Waals surface area (Å²) in [5.74, 6) is 0. The van der Waals surface area contributed by atoms with E-state index >= 15 is 0 Å². The van der Waals surface area contributed by atoms with E-state index in [0.717, 1.165) is 16.6 Å². The highest BCUT2D eigenvalue weighted by atomic mass is 32.2. The molecule has 0 atom stereocenters. The Hall–Kier alpha value is -2.46. The summed E-state index contributed by atoms with van der Waals surface area (Å²) in [6.07, 6.45) is 1.05. The van der Waals surface area contributed by atoms with Crippen LogP contribution in [0, 0.1) is 24.0 Å². The van der Waals surface area contributed by atoms with Crippen LogP contribution in [0.3, 0.4) is 0 Å². The number of sulfonamides is 1. The molecule has 0 aliphatic heterocycles. The second-order valence-corrected chi connectivity index (χ2v) is 9.83. The number of nitrogens with zero attached hydrogens (tertiary/aromatic N) is 2. The molecule has 0 aromatic heterocycles. The second-order valence-electron chi connectivity index (χ2n) is 5.88. The van der Waals surface area contributed by atoms with Gasteiger partial charge < -0.3 is 0 Å². The third-order valence-corrected chi connectivity index (χ3v) is 7.12. The van der Waals surface area contributed by atoms with Gasteiger partial charge in [-0.1, -0.05) is 0 Å². The van der Waals surface area contributed by atoms with Gasteiger partial charge in [-0.2, -0.15) is 0 Å². The van der Waals surface area contributed by atoms with Gasteiger partial charge in [0.05, 0.1) is 20.4 Å². The Bertz CT molecular complexity index is 1070. The third-order valence-electron chi connectivity index (χ3n) is 4.08. The van der Waals surface area contributed by atoms with E-state index in [1.807, 2.05) is 0 Å². The molecular weight excluding hydrogens is 380 g/mol. The van der Waals surface area contributed by atoms with Gasteiger partial charge in [0.25, 0.3) is 15.7 Å². The number of anilines is 1. The number of benzene rings is 2. The van der Waals surface area contributed by atoms with Gasteiger partial charge in [-0.05, 0) is 49.2 Å². The zero-order valence-corrected chi connectivity index (χ0v) is 16.3. The fourth-order valence-corrected chi connectivity index (χ4v) is 4.51. The Kier molecular flexibility index (Phi) is 5.11. The number of non-ortho nitro benzene ring substituents is 1. The molecule has 0 unspecified atom stereocenters. The van der Waals surface area contributed by atoms with Crippen LogP contribution >= 0.6 is 0 Å². The molecule has 0 heterocycles. The first-order valence-corrected chi connectivity index (χ1v) is 10.7. The maximum Gasteiger partial charge on any atom is 0.271 e. The zero-order chi connectivity index (χ0) is 19.9. The lowest BCUT2D eigenvalue weighted by atomic mass is 10.1. The molecule has 0 radical (unpaired) electrons. The van der Waals surface area contributed by atoms with E-state index in [2.05, 4.69) is 0 Å². The molecule has 0 saturated carbocycles. The lowest BCUT2D eigenvalue weighted by Crippen LogP contribution is -2.27. The van der Waals surface area contributed by atoms with Gasteiger partial charge in [0.2, 0.25) is 0 Å². The lowest BCUT2D eigenvalue weighted by molar-refractivity contribution is -0.385. The van der Waals surface area contributed by atoms with Gasteiger partial charge >= 0.3 is 0 Å². The van der Waals surface area contributed by atoms with E-state index in [-0.39, 0.29) is 21.2 Å². The molecule has 2 aromatic rings. The van der Waals surface area contributed by atoms with Crippen LogP contribution in [0.2, 0.25) is 0 Å². The molecule has 0 N–H and O–H groups in total. The highest BCUT2D eigenvalue weighted by Crippen LogP contribution is 2.30. The molecule has 0 bridgehead atoms. The molecule has 140 valence electrons. The summed E-state index contributed by atoms with van der Waals surface area (Å²) in [6, 6.07) is 7.69. The lowest BCUT2D eigenvalue weighted by Gasteiger charge is -2.21. The number of nitro benzene ring substituents is 1. The predicted molar refractivity (Wildman–Crippen MR) is 97.7 cm³/mol. The Morgan fingerprint density at radius 3 is 2.00 bits per heavy atom. The molecule has 0 aliphatic rings. The van der Waals surface area contributed by atoms with E-state index in [0.29, 0.717) is 11.1 Å². The van der Waals surface area contributed by atoms with Gasteiger partial charge in [0, 0.05) is 25.4 Å². The van der Waals surface area contributed by atoms with Crippen molar-refractivity contribution in [3.05, 3.63) is 57.6 Å². The fourth-order valence-electron chi connectivity index (χ4n) is 2.37. The molecule has 0 saturated heterocycles. The minimum Gasteiger partial charge on any atom is -0.269 e. The van der Waals surface area contributed by atoms with E-state index < -0.39 is 24.8 Å². The largest absolute Gasteiger partial charge is 0.271 e. The van der Waals surface area contributed by atoms with E-state index in [1.165, 1.54) is 37.4 Å². The first kappa shape index (κ1) is 19.9. The minimum atomic E-state index is -4.07. The predicted octanol–water partition coefficient (Wildman–Crippen LogP) is 2.44. The zero-order valence-electron chi connectivity index (χ0n) is 14.6. The molecule has 10 heteroatoms. The van der Waals surface area contributed by atoms with Crippen LogP contribution in [0.25, 0.3) is 0 Å². The maximum atomic E-state index is 12.9. The molecule has 0 amide bonds. The summed E-state index contributed by atoms with van der Waals surface area (Å²) in [7, 11) is -6.17. The van der Waals surface area contributed by atoms with Gasteiger partial charge in [0.15, 0.2) is 9.84 Å². The number of sulfone groups is 1. The Labute approximate surface area is 152 Å². The van der Waals surface area contributed by atoms with Crippen molar-refractivity contribution in [2.75, 3.05) is 17.6 Å². The molecule has 0 spiro atoms. The topological polar surface area (TPSA) is 115 Å².